The second kappa shape index (κ2) is 7.63. The number of amides is 1. The Hall–Kier alpha value is -3.09. The number of hydrogen-bond donors (Lipinski definition) is 1. The van der Waals surface area contributed by atoms with Gasteiger partial charge in [0.25, 0.3) is 5.91 Å². The molecule has 3 aromatic rings. The van der Waals surface area contributed by atoms with Crippen molar-refractivity contribution < 1.29 is 35.5 Å². The number of alkyl halides is 3. The Bertz CT molecular complexity index is 1110. The molecule has 0 fully saturated rings. The van der Waals surface area contributed by atoms with E-state index in [2.05, 4.69) is 15.5 Å². The zero-order chi connectivity index (χ0) is 22.4. The molecule has 14 heteroatoms. The Morgan fingerprint density at radius 1 is 1.13 bits per heavy atom. The number of hydrogen-bond acceptors (Lipinski definition) is 3. The van der Waals surface area contributed by atoms with Crippen LogP contribution in [0.5, 0.6) is 0 Å². The molecule has 0 spiro atoms. The number of nitrogens with one attached hydrogen (secondary N) is 1. The topological polar surface area (TPSA) is 64.7 Å². The van der Waals surface area contributed by atoms with Gasteiger partial charge in [-0.25, -0.2) is 17.6 Å². The SMILES string of the molecule is Cn1nc(C(F)(F)F)c(Cl)c1C(=O)Nc1ccn(Cc2c(F)c(F)cc(F)c2F)n1. The van der Waals surface area contributed by atoms with E-state index in [1.54, 1.807) is 0 Å². The monoisotopic (exact) mass is 455 g/mol. The molecule has 1 amide bonds. The molecular weight excluding hydrogens is 447 g/mol. The van der Waals surface area contributed by atoms with E-state index in [1.165, 1.54) is 0 Å². The number of carbonyl (C=O) groups is 1. The number of halogens is 8. The van der Waals surface area contributed by atoms with Gasteiger partial charge < -0.3 is 5.32 Å². The summed E-state index contributed by atoms with van der Waals surface area (Å²) in [6.45, 7) is -0.729. The van der Waals surface area contributed by atoms with Crippen molar-refractivity contribution in [2.24, 2.45) is 7.05 Å². The number of nitrogens with zero attached hydrogens (tertiary/aromatic N) is 4. The van der Waals surface area contributed by atoms with E-state index in [0.29, 0.717) is 4.68 Å². The summed E-state index contributed by atoms with van der Waals surface area (Å²) in [5.74, 6) is -7.76. The van der Waals surface area contributed by atoms with Crippen LogP contribution in [0.25, 0.3) is 0 Å². The molecule has 0 unspecified atom stereocenters. The Labute approximate surface area is 167 Å². The summed E-state index contributed by atoms with van der Waals surface area (Å²) in [5.41, 5.74) is -3.01. The van der Waals surface area contributed by atoms with Crippen LogP contribution in [0.1, 0.15) is 21.7 Å². The first-order valence-electron chi connectivity index (χ1n) is 7.86. The first kappa shape index (κ1) is 21.6. The minimum absolute atomic E-state index is 0.0513. The van der Waals surface area contributed by atoms with Crippen molar-refractivity contribution in [1.29, 1.82) is 0 Å². The molecule has 0 aliphatic heterocycles. The molecule has 0 saturated carbocycles. The van der Waals surface area contributed by atoms with Gasteiger partial charge in [0.15, 0.2) is 34.8 Å². The van der Waals surface area contributed by atoms with Crippen molar-refractivity contribution in [3.63, 3.8) is 0 Å². The lowest BCUT2D eigenvalue weighted by Crippen LogP contribution is -2.17. The van der Waals surface area contributed by atoms with Gasteiger partial charge in [0, 0.05) is 25.4 Å². The van der Waals surface area contributed by atoms with Crippen LogP contribution in [0.3, 0.4) is 0 Å². The Balaban J connectivity index is 1.82. The number of anilines is 1. The Morgan fingerprint density at radius 2 is 1.73 bits per heavy atom. The molecule has 1 N–H and O–H groups in total. The number of rotatable bonds is 4. The molecule has 0 saturated heterocycles. The van der Waals surface area contributed by atoms with Crippen LogP contribution >= 0.6 is 11.6 Å². The lowest BCUT2D eigenvalue weighted by molar-refractivity contribution is -0.141. The van der Waals surface area contributed by atoms with Gasteiger partial charge in [0.05, 0.1) is 12.1 Å². The van der Waals surface area contributed by atoms with Crippen LogP contribution in [0.4, 0.5) is 36.6 Å². The molecule has 2 heterocycles. The highest BCUT2D eigenvalue weighted by molar-refractivity contribution is 6.34. The average Bonchev–Trinajstić information content (AvgIpc) is 3.20. The van der Waals surface area contributed by atoms with E-state index < -0.39 is 63.9 Å². The minimum Gasteiger partial charge on any atom is -0.304 e. The summed E-state index contributed by atoms with van der Waals surface area (Å²) in [6, 6.07) is 1.19. The molecule has 0 radical (unpaired) electrons. The molecule has 1 aromatic carbocycles. The fourth-order valence-corrected chi connectivity index (χ4v) is 2.89. The number of benzene rings is 1. The first-order chi connectivity index (χ1) is 13.9. The third-order valence-corrected chi connectivity index (χ3v) is 4.24. The van der Waals surface area contributed by atoms with Crippen molar-refractivity contribution in [3.8, 4) is 0 Å². The van der Waals surface area contributed by atoms with Gasteiger partial charge in [-0.2, -0.15) is 23.4 Å². The maximum absolute atomic E-state index is 13.7. The molecule has 0 atom stereocenters. The van der Waals surface area contributed by atoms with E-state index in [1.807, 2.05) is 0 Å². The molecule has 0 bridgehead atoms. The quantitative estimate of drug-likeness (QED) is 0.475. The molecular formula is C16H9ClF7N5O. The summed E-state index contributed by atoms with van der Waals surface area (Å²) in [7, 11) is 1.07. The van der Waals surface area contributed by atoms with Gasteiger partial charge in [-0.3, -0.25) is 14.2 Å². The van der Waals surface area contributed by atoms with Gasteiger partial charge in [-0.15, -0.1) is 0 Å². The van der Waals surface area contributed by atoms with E-state index in [-0.39, 0.29) is 11.9 Å². The molecule has 0 aliphatic carbocycles. The van der Waals surface area contributed by atoms with E-state index >= 15 is 0 Å². The van der Waals surface area contributed by atoms with Gasteiger partial charge in [0.2, 0.25) is 0 Å². The Kier molecular flexibility index (Phi) is 5.50. The largest absolute Gasteiger partial charge is 0.436 e. The highest BCUT2D eigenvalue weighted by Crippen LogP contribution is 2.35. The summed E-state index contributed by atoms with van der Waals surface area (Å²) >= 11 is 5.61. The maximum Gasteiger partial charge on any atom is 0.436 e. The second-order valence-corrected chi connectivity index (χ2v) is 6.31. The molecule has 6 nitrogen and oxygen atoms in total. The predicted octanol–water partition coefficient (Wildman–Crippen LogP) is 4.15. The molecule has 30 heavy (non-hydrogen) atoms. The van der Waals surface area contributed by atoms with Crippen LogP contribution in [0.2, 0.25) is 5.02 Å². The van der Waals surface area contributed by atoms with Crippen molar-refractivity contribution >= 4 is 23.3 Å². The van der Waals surface area contributed by atoms with Gasteiger partial charge in [-0.05, 0) is 0 Å². The number of aryl methyl sites for hydroxylation is 1. The molecule has 160 valence electrons. The smallest absolute Gasteiger partial charge is 0.304 e. The molecule has 3 rings (SSSR count). The van der Waals surface area contributed by atoms with Crippen LogP contribution in [-0.2, 0) is 19.8 Å². The highest BCUT2D eigenvalue weighted by atomic mass is 35.5. The lowest BCUT2D eigenvalue weighted by atomic mass is 10.2. The van der Waals surface area contributed by atoms with Crippen molar-refractivity contribution in [2.75, 3.05) is 5.32 Å². The van der Waals surface area contributed by atoms with E-state index in [0.717, 1.165) is 24.0 Å². The summed E-state index contributed by atoms with van der Waals surface area (Å²) in [5, 5.41) is 8.11. The summed E-state index contributed by atoms with van der Waals surface area (Å²) < 4.78 is 94.0. The number of aromatic nitrogens is 4. The van der Waals surface area contributed by atoms with Crippen LogP contribution in [-0.4, -0.2) is 25.5 Å². The molecule has 2 aromatic heterocycles. The summed E-state index contributed by atoms with van der Waals surface area (Å²) in [4.78, 5) is 12.3. The van der Waals surface area contributed by atoms with Gasteiger partial charge in [-0.1, -0.05) is 11.6 Å². The maximum atomic E-state index is 13.7. The average molecular weight is 456 g/mol. The fourth-order valence-electron chi connectivity index (χ4n) is 2.54. The Morgan fingerprint density at radius 3 is 2.27 bits per heavy atom. The van der Waals surface area contributed by atoms with Crippen molar-refractivity contribution in [3.05, 3.63) is 63.6 Å². The van der Waals surface area contributed by atoms with E-state index in [4.69, 9.17) is 11.6 Å². The lowest BCUT2D eigenvalue weighted by Gasteiger charge is -2.07. The first-order valence-corrected chi connectivity index (χ1v) is 8.24. The third-order valence-electron chi connectivity index (χ3n) is 3.88. The molecule has 0 aliphatic rings. The second-order valence-electron chi connectivity index (χ2n) is 5.93. The standard InChI is InChI=1S/C16H9ClF7N5O/c1-28-13(10(17)14(27-28)16(22,23)24)15(30)25-9-2-3-29(26-9)5-6-11(20)7(18)4-8(19)12(6)21/h2-4H,5H2,1H3,(H,25,26,30). The normalized spacial score (nSPS) is 11.8. The predicted molar refractivity (Wildman–Crippen MR) is 88.8 cm³/mol. The fraction of sp³-hybridized carbons (Fsp3) is 0.188. The van der Waals surface area contributed by atoms with Crippen LogP contribution < -0.4 is 5.32 Å². The zero-order valence-corrected chi connectivity index (χ0v) is 15.4. The highest BCUT2D eigenvalue weighted by Gasteiger charge is 2.39. The zero-order valence-electron chi connectivity index (χ0n) is 14.7. The van der Waals surface area contributed by atoms with Gasteiger partial charge in [0.1, 0.15) is 10.7 Å². The van der Waals surface area contributed by atoms with Crippen LogP contribution in [0.15, 0.2) is 18.3 Å². The minimum atomic E-state index is -4.89. The van der Waals surface area contributed by atoms with Crippen molar-refractivity contribution in [1.82, 2.24) is 19.6 Å². The third kappa shape index (κ3) is 3.97. The summed E-state index contributed by atoms with van der Waals surface area (Å²) in [6.07, 6.45) is -3.77. The van der Waals surface area contributed by atoms with E-state index in [9.17, 15) is 35.5 Å². The number of carbonyl (C=O) groups excluding carboxylic acids is 1. The van der Waals surface area contributed by atoms with Gasteiger partial charge >= 0.3 is 6.18 Å². The van der Waals surface area contributed by atoms with Crippen LogP contribution in [0, 0.1) is 23.3 Å². The van der Waals surface area contributed by atoms with Crippen molar-refractivity contribution in [2.45, 2.75) is 12.7 Å².